The summed E-state index contributed by atoms with van der Waals surface area (Å²) in [6.45, 7) is 1.88. The minimum absolute atomic E-state index is 0.0117. The van der Waals surface area contributed by atoms with Gasteiger partial charge in [0.1, 0.15) is 35.8 Å². The van der Waals surface area contributed by atoms with Crippen molar-refractivity contribution in [3.63, 3.8) is 0 Å². The van der Waals surface area contributed by atoms with E-state index in [2.05, 4.69) is 16.3 Å². The largest absolute Gasteiger partial charge is 0.744 e. The number of fused-ring (bicyclic) bond motifs is 1. The molecule has 0 amide bonds. The lowest BCUT2D eigenvalue weighted by atomic mass is 9.89. The number of allylic oxidation sites excluding steroid dienone is 1. The molecule has 14 nitrogen and oxygen atoms in total. The van der Waals surface area contributed by atoms with Crippen LogP contribution in [0.3, 0.4) is 0 Å². The van der Waals surface area contributed by atoms with E-state index in [1.807, 2.05) is 7.05 Å². The van der Waals surface area contributed by atoms with Crippen LogP contribution in [0.2, 0.25) is 0 Å². The summed E-state index contributed by atoms with van der Waals surface area (Å²) in [7, 11) is -1.29. The van der Waals surface area contributed by atoms with Crippen LogP contribution in [0.5, 0.6) is 0 Å². The van der Waals surface area contributed by atoms with Crippen molar-refractivity contribution in [2.75, 3.05) is 45.4 Å². The van der Waals surface area contributed by atoms with Crippen molar-refractivity contribution in [1.29, 1.82) is 5.26 Å². The van der Waals surface area contributed by atoms with E-state index in [9.17, 15) is 51.2 Å². The van der Waals surface area contributed by atoms with Crippen LogP contribution >= 0.6 is 0 Å². The molecular weight excluding hydrogens is 709 g/mol. The van der Waals surface area contributed by atoms with Crippen molar-refractivity contribution in [3.8, 4) is 6.07 Å². The molecule has 0 fully saturated rings. The van der Waals surface area contributed by atoms with Crippen LogP contribution in [0.1, 0.15) is 35.2 Å². The number of alkyl halides is 3. The molecule has 0 spiro atoms. The highest BCUT2D eigenvalue weighted by atomic mass is 32.2. The minimum Gasteiger partial charge on any atom is -0.744 e. The number of aromatic amines is 1. The fourth-order valence-electron chi connectivity index (χ4n) is 5.91. The summed E-state index contributed by atoms with van der Waals surface area (Å²) in [5.41, 5.74) is -0.234. The van der Waals surface area contributed by atoms with Gasteiger partial charge in [0.05, 0.1) is 55.0 Å². The van der Waals surface area contributed by atoms with E-state index in [-0.39, 0.29) is 65.1 Å². The number of aromatic nitrogens is 3. The number of aliphatic hydroxyl groups is 2. The first-order chi connectivity index (χ1) is 24.5. The minimum atomic E-state index is -4.65. The fraction of sp³-hybridized carbons (Fsp3) is 0.294. The summed E-state index contributed by atoms with van der Waals surface area (Å²) < 4.78 is 78.0. The van der Waals surface area contributed by atoms with Gasteiger partial charge in [0.15, 0.2) is 0 Å². The smallest absolute Gasteiger partial charge is 0.416 e. The van der Waals surface area contributed by atoms with Gasteiger partial charge in [-0.15, -0.1) is 5.10 Å². The van der Waals surface area contributed by atoms with Gasteiger partial charge >= 0.3 is 17.8 Å². The Morgan fingerprint density at radius 2 is 1.73 bits per heavy atom. The summed E-state index contributed by atoms with van der Waals surface area (Å²) in [4.78, 5) is 27.7. The number of esters is 1. The van der Waals surface area contributed by atoms with Crippen LogP contribution < -0.4 is 10.6 Å². The van der Waals surface area contributed by atoms with Crippen molar-refractivity contribution in [1.82, 2.24) is 14.8 Å². The first-order valence-electron chi connectivity index (χ1n) is 15.5. The number of carbonyl (C=O) groups is 1. The van der Waals surface area contributed by atoms with Crippen molar-refractivity contribution < 1.29 is 50.4 Å². The van der Waals surface area contributed by atoms with Gasteiger partial charge in [-0.2, -0.15) is 18.4 Å². The lowest BCUT2D eigenvalue weighted by Crippen LogP contribution is -2.47. The van der Waals surface area contributed by atoms with Gasteiger partial charge in [-0.1, -0.05) is 30.3 Å². The van der Waals surface area contributed by atoms with Crippen molar-refractivity contribution >= 4 is 27.7 Å². The highest BCUT2D eigenvalue weighted by Gasteiger charge is 2.41. The zero-order valence-corrected chi connectivity index (χ0v) is 29.0. The maximum atomic E-state index is 13.6. The molecule has 0 unspecified atom stereocenters. The zero-order valence-electron chi connectivity index (χ0n) is 28.2. The molecule has 18 heteroatoms. The first-order valence-corrected chi connectivity index (χ1v) is 16.9. The van der Waals surface area contributed by atoms with Crippen LogP contribution in [0.15, 0.2) is 93.8 Å². The van der Waals surface area contributed by atoms with Gasteiger partial charge in [0.25, 0.3) is 0 Å². The lowest BCUT2D eigenvalue weighted by molar-refractivity contribution is -0.923. The van der Waals surface area contributed by atoms with E-state index in [0.717, 1.165) is 23.8 Å². The number of rotatable bonds is 10. The molecule has 2 heterocycles. The lowest BCUT2D eigenvalue weighted by Gasteiger charge is -2.38. The summed E-state index contributed by atoms with van der Waals surface area (Å²) in [5, 5.41) is 35.5. The van der Waals surface area contributed by atoms with Crippen LogP contribution in [0.25, 0.3) is 0 Å². The molecule has 1 aliphatic rings. The van der Waals surface area contributed by atoms with Gasteiger partial charge < -0.3 is 24.0 Å². The number of aliphatic hydroxyl groups excluding tert-OH is 2. The highest BCUT2D eigenvalue weighted by Crippen LogP contribution is 2.44. The summed E-state index contributed by atoms with van der Waals surface area (Å²) in [6.07, 6.45) is -4.65. The molecule has 3 aromatic carbocycles. The number of halogens is 3. The number of H-pyrrole nitrogens is 1. The number of nitrogens with zero attached hydrogens (tertiary/aromatic N) is 5. The zero-order chi connectivity index (χ0) is 38.4. The Labute approximate surface area is 296 Å². The Morgan fingerprint density at radius 3 is 2.27 bits per heavy atom. The number of ether oxygens (including phenoxy) is 1. The summed E-state index contributed by atoms with van der Waals surface area (Å²) in [6, 6.07) is 17.3. The van der Waals surface area contributed by atoms with E-state index in [1.54, 1.807) is 18.2 Å². The molecule has 4 aromatic rings. The maximum absolute atomic E-state index is 13.6. The van der Waals surface area contributed by atoms with Gasteiger partial charge in [-0.3, -0.25) is 4.90 Å². The Morgan fingerprint density at radius 1 is 1.08 bits per heavy atom. The Hall–Kier alpha value is -5.32. The highest BCUT2D eigenvalue weighted by molar-refractivity contribution is 7.85. The molecule has 1 aliphatic heterocycles. The number of carbonyl (C=O) groups excluding carboxylic acids is 1. The number of quaternary nitrogens is 1. The van der Waals surface area contributed by atoms with Crippen LogP contribution in [-0.4, -0.2) is 88.9 Å². The molecule has 52 heavy (non-hydrogen) atoms. The predicted octanol–water partition coefficient (Wildman–Crippen LogP) is 3.17. The number of hydrogen-bond acceptors (Lipinski definition) is 11. The normalized spacial score (nSPS) is 14.6. The molecule has 5 rings (SSSR count). The molecule has 276 valence electrons. The van der Waals surface area contributed by atoms with Crippen molar-refractivity contribution in [3.05, 3.63) is 117 Å². The third-order valence-corrected chi connectivity index (χ3v) is 9.26. The molecule has 0 saturated carbocycles. The van der Waals surface area contributed by atoms with E-state index in [1.165, 1.54) is 54.3 Å². The van der Waals surface area contributed by atoms with Gasteiger partial charge in [0.2, 0.25) is 5.95 Å². The van der Waals surface area contributed by atoms with E-state index >= 15 is 0 Å². The Balaban J connectivity index is 0.000000521. The number of nitriles is 1. The quantitative estimate of drug-likeness (QED) is 0.122. The molecule has 0 bridgehead atoms. The van der Waals surface area contributed by atoms with E-state index in [0.29, 0.717) is 16.7 Å². The number of anilines is 2. The third kappa shape index (κ3) is 8.58. The second kappa shape index (κ2) is 15.9. The molecule has 0 aliphatic carbocycles. The van der Waals surface area contributed by atoms with Crippen LogP contribution in [0.4, 0.5) is 24.8 Å². The molecule has 1 atom stereocenters. The second-order valence-electron chi connectivity index (χ2n) is 11.9. The standard InChI is InChI=1S/C28H29F3N6O5.C6H6O3S/c1-17-23(25(40)42-3)24(22-8-7-18(15-32)13-19(22)16-37(2,9-11-38)10-12-39)36-26(33-34-27(36)41)35(17)21-6-4-5-20(14-21)28(29,30)31;7-10(8,9)6-4-2-1-3-5-6/h4-8,13-14,24,38-39H,9-12,16H2,1-3H3;1-5H,(H,7,8,9)/t24-;/m1./s1. The van der Waals surface area contributed by atoms with E-state index < -0.39 is 39.6 Å². The number of methoxy groups -OCH3 is 1. The molecular formula is C34H35F3N6O8S. The number of hydrogen-bond donors (Lipinski definition) is 3. The first kappa shape index (κ1) is 39.5. The average molecular weight is 745 g/mol. The Kier molecular flexibility index (Phi) is 12.1. The molecule has 1 aromatic heterocycles. The second-order valence-corrected chi connectivity index (χ2v) is 13.3. The third-order valence-electron chi connectivity index (χ3n) is 8.41. The summed E-state index contributed by atoms with van der Waals surface area (Å²) in [5.74, 6) is -0.890. The van der Waals surface area contributed by atoms with Crippen LogP contribution in [0, 0.1) is 11.3 Å². The summed E-state index contributed by atoms with van der Waals surface area (Å²) >= 11 is 0. The number of nitrogens with one attached hydrogen (secondary N) is 1. The van der Waals surface area contributed by atoms with Crippen LogP contribution in [-0.2, 0) is 32.4 Å². The average Bonchev–Trinajstić information content (AvgIpc) is 3.48. The fourth-order valence-corrected chi connectivity index (χ4v) is 6.40. The van der Waals surface area contributed by atoms with Crippen molar-refractivity contribution in [2.24, 2.45) is 0 Å². The monoisotopic (exact) mass is 744 g/mol. The van der Waals surface area contributed by atoms with Gasteiger partial charge in [-0.25, -0.2) is 27.7 Å². The van der Waals surface area contributed by atoms with Gasteiger partial charge in [0, 0.05) is 16.9 Å². The van der Waals surface area contributed by atoms with E-state index in [4.69, 9.17) is 4.74 Å². The number of benzene rings is 3. The maximum Gasteiger partial charge on any atom is 0.416 e. The van der Waals surface area contributed by atoms with Crippen molar-refractivity contribution in [2.45, 2.75) is 30.6 Å². The molecule has 0 saturated heterocycles. The van der Waals surface area contributed by atoms with Gasteiger partial charge in [-0.05, 0) is 55.0 Å². The topological polar surface area (TPSA) is 202 Å². The molecule has 3 N–H and O–H groups in total. The SMILES string of the molecule is COC(=O)C1=C(C)N(c2cccc(C(F)(F)F)c2)c2n[nH]c(=O)n2[C@@H]1c1ccc(C#N)cc1C[N+](C)(CCO)CCO.O=S(=O)([O-])c1ccccc1. The molecule has 0 radical (unpaired) electrons. The predicted molar refractivity (Wildman–Crippen MR) is 179 cm³/mol. The Bertz CT molecular complexity index is 2160. The number of likely N-dealkylation sites (N-methyl/N-ethyl adjacent to an activating group) is 1.